The summed E-state index contributed by atoms with van der Waals surface area (Å²) < 4.78 is 13.2. The van der Waals surface area contributed by atoms with Crippen molar-refractivity contribution in [1.29, 1.82) is 0 Å². The van der Waals surface area contributed by atoms with Gasteiger partial charge < -0.3 is 0 Å². The van der Waals surface area contributed by atoms with E-state index in [0.29, 0.717) is 0 Å². The van der Waals surface area contributed by atoms with E-state index in [0.717, 1.165) is 10.5 Å². The lowest BCUT2D eigenvalue weighted by atomic mass is 10.1. The van der Waals surface area contributed by atoms with Crippen molar-refractivity contribution in [2.24, 2.45) is 0 Å². The van der Waals surface area contributed by atoms with Crippen LogP contribution in [0.4, 0.5) is 4.39 Å². The van der Waals surface area contributed by atoms with Crippen LogP contribution in [0, 0.1) is 5.82 Å². The first kappa shape index (κ1) is 9.67. The highest BCUT2D eigenvalue weighted by Crippen LogP contribution is 2.37. The topological polar surface area (TPSA) is 0 Å². The van der Waals surface area contributed by atoms with Crippen molar-refractivity contribution < 1.29 is 4.39 Å². The van der Waals surface area contributed by atoms with Crippen LogP contribution < -0.4 is 0 Å². The van der Waals surface area contributed by atoms with E-state index in [2.05, 4.69) is 18.2 Å². The van der Waals surface area contributed by atoms with E-state index in [9.17, 15) is 4.39 Å². The monoisotopic (exact) mass is 228 g/mol. The van der Waals surface area contributed by atoms with Gasteiger partial charge in [0, 0.05) is 9.79 Å². The molecule has 2 aromatic rings. The molecule has 1 aliphatic rings. The van der Waals surface area contributed by atoms with Gasteiger partial charge in [-0.25, -0.2) is 4.39 Å². The fourth-order valence-corrected chi connectivity index (χ4v) is 2.81. The van der Waals surface area contributed by atoms with Crippen molar-refractivity contribution >= 4 is 23.9 Å². The van der Waals surface area contributed by atoms with Crippen molar-refractivity contribution in [2.45, 2.75) is 9.79 Å². The fourth-order valence-electron chi connectivity index (χ4n) is 1.74. The molecular weight excluding hydrogens is 219 g/mol. The summed E-state index contributed by atoms with van der Waals surface area (Å²) >= 11 is 1.61. The maximum Gasteiger partial charge on any atom is 0.124 e. The highest BCUT2D eigenvalue weighted by Gasteiger charge is 2.09. The van der Waals surface area contributed by atoms with Crippen LogP contribution in [0.25, 0.3) is 12.2 Å². The molecule has 0 saturated carbocycles. The Labute approximate surface area is 97.8 Å². The molecule has 0 atom stereocenters. The largest absolute Gasteiger partial charge is 0.207 e. The maximum absolute atomic E-state index is 13.2. The number of halogens is 1. The third-order valence-corrected chi connectivity index (χ3v) is 3.72. The summed E-state index contributed by atoms with van der Waals surface area (Å²) in [4.78, 5) is 2.14. The van der Waals surface area contributed by atoms with E-state index in [4.69, 9.17) is 0 Å². The minimum atomic E-state index is -0.181. The highest BCUT2D eigenvalue weighted by atomic mass is 32.2. The van der Waals surface area contributed by atoms with Gasteiger partial charge in [-0.3, -0.25) is 0 Å². The summed E-state index contributed by atoms with van der Waals surface area (Å²) in [7, 11) is 0. The molecule has 0 radical (unpaired) electrons. The third kappa shape index (κ3) is 1.65. The van der Waals surface area contributed by atoms with Crippen LogP contribution in [-0.4, -0.2) is 0 Å². The van der Waals surface area contributed by atoms with Gasteiger partial charge >= 0.3 is 0 Å². The summed E-state index contributed by atoms with van der Waals surface area (Å²) in [5.41, 5.74) is 2.26. The van der Waals surface area contributed by atoms with Gasteiger partial charge in [0.25, 0.3) is 0 Å². The Morgan fingerprint density at radius 2 is 1.56 bits per heavy atom. The summed E-state index contributed by atoms with van der Waals surface area (Å²) in [5, 5.41) is 0. The molecule has 0 bridgehead atoms. The molecule has 1 aliphatic heterocycles. The Morgan fingerprint density at radius 1 is 0.812 bits per heavy atom. The van der Waals surface area contributed by atoms with E-state index < -0.39 is 0 Å². The highest BCUT2D eigenvalue weighted by molar-refractivity contribution is 7.99. The lowest BCUT2D eigenvalue weighted by Gasteiger charge is -2.04. The number of fused-ring (bicyclic) bond motifs is 2. The molecule has 1 heterocycles. The summed E-state index contributed by atoms with van der Waals surface area (Å²) in [6.07, 6.45) is 4.11. The lowest BCUT2D eigenvalue weighted by Crippen LogP contribution is -1.81. The Kier molecular flexibility index (Phi) is 2.29. The van der Waals surface area contributed by atoms with Crippen molar-refractivity contribution in [2.75, 3.05) is 0 Å². The molecule has 0 amide bonds. The molecule has 0 spiro atoms. The van der Waals surface area contributed by atoms with Gasteiger partial charge in [0.15, 0.2) is 0 Å². The molecule has 0 N–H and O–H groups in total. The van der Waals surface area contributed by atoms with Gasteiger partial charge in [0.05, 0.1) is 0 Å². The molecule has 16 heavy (non-hydrogen) atoms. The summed E-state index contributed by atoms with van der Waals surface area (Å²) in [6.45, 7) is 0. The van der Waals surface area contributed by atoms with E-state index >= 15 is 0 Å². The molecule has 78 valence electrons. The third-order valence-electron chi connectivity index (χ3n) is 2.56. The van der Waals surface area contributed by atoms with Crippen molar-refractivity contribution in [3.63, 3.8) is 0 Å². The second-order valence-electron chi connectivity index (χ2n) is 3.66. The number of rotatable bonds is 0. The van der Waals surface area contributed by atoms with Gasteiger partial charge in [0.1, 0.15) is 5.82 Å². The molecule has 3 rings (SSSR count). The minimum Gasteiger partial charge on any atom is -0.207 e. The van der Waals surface area contributed by atoms with Crippen LogP contribution in [0.3, 0.4) is 0 Å². The first-order valence-corrected chi connectivity index (χ1v) is 5.89. The van der Waals surface area contributed by atoms with Crippen LogP contribution in [-0.2, 0) is 0 Å². The summed E-state index contributed by atoms with van der Waals surface area (Å²) in [5.74, 6) is -0.181. The lowest BCUT2D eigenvalue weighted by molar-refractivity contribution is 0.624. The van der Waals surface area contributed by atoms with Gasteiger partial charge in [0.2, 0.25) is 0 Å². The molecule has 0 aliphatic carbocycles. The average molecular weight is 228 g/mol. The van der Waals surface area contributed by atoms with Crippen molar-refractivity contribution in [3.05, 3.63) is 59.4 Å². The van der Waals surface area contributed by atoms with E-state index in [-0.39, 0.29) is 5.82 Å². The number of hydrogen-bond acceptors (Lipinski definition) is 1. The quantitative estimate of drug-likeness (QED) is 0.547. The van der Waals surface area contributed by atoms with Crippen LogP contribution in [0.1, 0.15) is 11.1 Å². The zero-order chi connectivity index (χ0) is 11.0. The Balaban J connectivity index is 2.18. The SMILES string of the molecule is Fc1ccc2c(c1)Sc1ccccc1C=C2. The van der Waals surface area contributed by atoms with Gasteiger partial charge in [-0.1, -0.05) is 48.2 Å². The first-order valence-electron chi connectivity index (χ1n) is 5.07. The predicted molar refractivity (Wildman–Crippen MR) is 65.9 cm³/mol. The molecule has 0 aromatic heterocycles. The molecule has 0 nitrogen and oxygen atoms in total. The normalized spacial score (nSPS) is 12.8. The van der Waals surface area contributed by atoms with Crippen LogP contribution in [0.15, 0.2) is 52.3 Å². The Morgan fingerprint density at radius 3 is 2.44 bits per heavy atom. The smallest absolute Gasteiger partial charge is 0.124 e. The van der Waals surface area contributed by atoms with Crippen molar-refractivity contribution in [1.82, 2.24) is 0 Å². The van der Waals surface area contributed by atoms with Gasteiger partial charge in [-0.15, -0.1) is 0 Å². The maximum atomic E-state index is 13.2. The number of hydrogen-bond donors (Lipinski definition) is 0. The first-order chi connectivity index (χ1) is 7.83. The molecule has 2 aromatic carbocycles. The second kappa shape index (κ2) is 3.80. The van der Waals surface area contributed by atoms with Crippen LogP contribution in [0.2, 0.25) is 0 Å². The van der Waals surface area contributed by atoms with E-state index in [1.807, 2.05) is 24.3 Å². The zero-order valence-electron chi connectivity index (χ0n) is 8.48. The molecular formula is C14H9FS. The minimum absolute atomic E-state index is 0.181. The predicted octanol–water partition coefficient (Wildman–Crippen LogP) is 4.46. The summed E-state index contributed by atoms with van der Waals surface area (Å²) in [6, 6.07) is 13.1. The molecule has 0 unspecified atom stereocenters. The molecule has 0 fully saturated rings. The zero-order valence-corrected chi connectivity index (χ0v) is 9.30. The van der Waals surface area contributed by atoms with Gasteiger partial charge in [-0.05, 0) is 29.3 Å². The van der Waals surface area contributed by atoms with Crippen molar-refractivity contribution in [3.8, 4) is 0 Å². The van der Waals surface area contributed by atoms with Crippen LogP contribution in [0.5, 0.6) is 0 Å². The van der Waals surface area contributed by atoms with E-state index in [1.54, 1.807) is 17.8 Å². The van der Waals surface area contributed by atoms with E-state index in [1.165, 1.54) is 16.5 Å². The Hall–Kier alpha value is -1.54. The number of benzene rings is 2. The molecule has 0 saturated heterocycles. The fraction of sp³-hybridized carbons (Fsp3) is 0. The second-order valence-corrected chi connectivity index (χ2v) is 4.74. The molecule has 2 heteroatoms. The Bertz CT molecular complexity index is 573. The average Bonchev–Trinajstić information content (AvgIpc) is 2.47. The van der Waals surface area contributed by atoms with Gasteiger partial charge in [-0.2, -0.15) is 0 Å². The van der Waals surface area contributed by atoms with Crippen LogP contribution >= 0.6 is 11.8 Å². The standard InChI is InChI=1S/C14H9FS/c15-12-8-7-11-6-5-10-3-1-2-4-13(10)16-14(11)9-12/h1-9H.